The van der Waals surface area contributed by atoms with E-state index in [1.165, 1.54) is 19.2 Å². The minimum atomic E-state index is -0.532. The van der Waals surface area contributed by atoms with E-state index in [0.717, 1.165) is 16.7 Å². The number of rotatable bonds is 6. The summed E-state index contributed by atoms with van der Waals surface area (Å²) in [6, 6.07) is 12.9. The van der Waals surface area contributed by atoms with Gasteiger partial charge in [-0.1, -0.05) is 36.4 Å². The van der Waals surface area contributed by atoms with Crippen LogP contribution in [0.15, 0.2) is 48.5 Å². The van der Waals surface area contributed by atoms with Crippen LogP contribution in [-0.2, 0) is 14.3 Å². The standard InChI is InChI=1S/C18H19FN2O3.ClH/c1-24-18(23)10-16(21-17(22)11-20)13-7-5-12(6-8-13)14-3-2-4-15(19)9-14;/h2-9,16H,10-11,20H2,1H3,(H,21,22);1H. The highest BCUT2D eigenvalue weighted by molar-refractivity contribution is 5.85. The first-order valence-electron chi connectivity index (χ1n) is 7.45. The zero-order valence-electron chi connectivity index (χ0n) is 13.7. The molecule has 0 saturated carbocycles. The molecular formula is C18H20ClFN2O3. The molecule has 0 spiro atoms. The second-order valence-electron chi connectivity index (χ2n) is 5.24. The average Bonchev–Trinajstić information content (AvgIpc) is 2.61. The van der Waals surface area contributed by atoms with Crippen molar-refractivity contribution in [3.63, 3.8) is 0 Å². The Labute approximate surface area is 151 Å². The zero-order chi connectivity index (χ0) is 17.5. The number of benzene rings is 2. The number of nitrogens with two attached hydrogens (primary N) is 1. The van der Waals surface area contributed by atoms with Gasteiger partial charge in [-0.25, -0.2) is 4.39 Å². The fourth-order valence-electron chi connectivity index (χ4n) is 2.33. The van der Waals surface area contributed by atoms with Gasteiger partial charge in [0.2, 0.25) is 5.91 Å². The van der Waals surface area contributed by atoms with Gasteiger partial charge in [-0.15, -0.1) is 12.4 Å². The van der Waals surface area contributed by atoms with Crippen molar-refractivity contribution in [1.82, 2.24) is 5.32 Å². The zero-order valence-corrected chi connectivity index (χ0v) is 14.5. The first-order chi connectivity index (χ1) is 11.5. The van der Waals surface area contributed by atoms with Crippen LogP contribution in [0.5, 0.6) is 0 Å². The molecule has 0 saturated heterocycles. The highest BCUT2D eigenvalue weighted by atomic mass is 35.5. The molecule has 3 N–H and O–H groups in total. The van der Waals surface area contributed by atoms with Crippen LogP contribution in [-0.4, -0.2) is 25.5 Å². The topological polar surface area (TPSA) is 81.4 Å². The number of ether oxygens (including phenoxy) is 1. The summed E-state index contributed by atoms with van der Waals surface area (Å²) in [6.07, 6.45) is 0.00154. The molecule has 1 atom stereocenters. The van der Waals surface area contributed by atoms with E-state index in [-0.39, 0.29) is 37.1 Å². The van der Waals surface area contributed by atoms with Crippen molar-refractivity contribution >= 4 is 24.3 Å². The third-order valence-electron chi connectivity index (χ3n) is 3.59. The molecule has 0 aliphatic heterocycles. The third-order valence-corrected chi connectivity index (χ3v) is 3.59. The molecule has 1 amide bonds. The van der Waals surface area contributed by atoms with Gasteiger partial charge in [-0.2, -0.15) is 0 Å². The molecule has 2 aromatic rings. The van der Waals surface area contributed by atoms with Crippen LogP contribution in [0.1, 0.15) is 18.0 Å². The molecule has 2 rings (SSSR count). The highest BCUT2D eigenvalue weighted by Gasteiger charge is 2.18. The average molecular weight is 367 g/mol. The lowest BCUT2D eigenvalue weighted by molar-refractivity contribution is -0.141. The number of nitrogens with one attached hydrogen (secondary N) is 1. The Kier molecular flexibility index (Phi) is 8.04. The van der Waals surface area contributed by atoms with Crippen LogP contribution in [0.25, 0.3) is 11.1 Å². The molecule has 5 nitrogen and oxygen atoms in total. The van der Waals surface area contributed by atoms with Crippen LogP contribution in [0.3, 0.4) is 0 Å². The molecule has 1 unspecified atom stereocenters. The first kappa shape index (κ1) is 20.6. The predicted octanol–water partition coefficient (Wildman–Crippen LogP) is 2.59. The van der Waals surface area contributed by atoms with Gasteiger partial charge in [0.05, 0.1) is 26.1 Å². The molecular weight excluding hydrogens is 347 g/mol. The number of methoxy groups -OCH3 is 1. The number of hydrogen-bond donors (Lipinski definition) is 2. The van der Waals surface area contributed by atoms with Gasteiger partial charge in [0.25, 0.3) is 0 Å². The molecule has 7 heteroatoms. The van der Waals surface area contributed by atoms with E-state index >= 15 is 0 Å². The molecule has 0 aliphatic carbocycles. The Hall–Kier alpha value is -2.44. The molecule has 0 fully saturated rings. The lowest BCUT2D eigenvalue weighted by atomic mass is 9.99. The number of esters is 1. The van der Waals surface area contributed by atoms with E-state index in [4.69, 9.17) is 5.73 Å². The summed E-state index contributed by atoms with van der Waals surface area (Å²) < 4.78 is 18.0. The van der Waals surface area contributed by atoms with Gasteiger partial charge in [0.15, 0.2) is 0 Å². The lowest BCUT2D eigenvalue weighted by Crippen LogP contribution is -2.35. The van der Waals surface area contributed by atoms with Gasteiger partial charge in [0.1, 0.15) is 5.82 Å². The highest BCUT2D eigenvalue weighted by Crippen LogP contribution is 2.24. The van der Waals surface area contributed by atoms with Crippen molar-refractivity contribution in [2.45, 2.75) is 12.5 Å². The Bertz CT molecular complexity index is 705. The normalized spacial score (nSPS) is 11.2. The lowest BCUT2D eigenvalue weighted by Gasteiger charge is -2.18. The van der Waals surface area contributed by atoms with E-state index in [2.05, 4.69) is 10.1 Å². The predicted molar refractivity (Wildman–Crippen MR) is 95.7 cm³/mol. The Morgan fingerprint density at radius 1 is 1.16 bits per heavy atom. The number of hydrogen-bond acceptors (Lipinski definition) is 4. The van der Waals surface area contributed by atoms with E-state index in [1.54, 1.807) is 24.3 Å². The van der Waals surface area contributed by atoms with Crippen molar-refractivity contribution in [2.24, 2.45) is 5.73 Å². The second kappa shape index (κ2) is 9.76. The van der Waals surface area contributed by atoms with E-state index in [0.29, 0.717) is 0 Å². The number of amides is 1. The largest absolute Gasteiger partial charge is 0.469 e. The molecule has 134 valence electrons. The van der Waals surface area contributed by atoms with Gasteiger partial charge in [-0.05, 0) is 28.8 Å². The number of halogens is 2. The molecule has 0 heterocycles. The van der Waals surface area contributed by atoms with Crippen LogP contribution in [0.2, 0.25) is 0 Å². The Morgan fingerprint density at radius 3 is 2.40 bits per heavy atom. The van der Waals surface area contributed by atoms with E-state index in [1.807, 2.05) is 12.1 Å². The van der Waals surface area contributed by atoms with Crippen LogP contribution in [0, 0.1) is 5.82 Å². The quantitative estimate of drug-likeness (QED) is 0.770. The maximum atomic E-state index is 13.3. The monoisotopic (exact) mass is 366 g/mol. The summed E-state index contributed by atoms with van der Waals surface area (Å²) in [5, 5.41) is 2.69. The van der Waals surface area contributed by atoms with Crippen LogP contribution in [0.4, 0.5) is 4.39 Å². The number of carbonyl (C=O) groups excluding carboxylic acids is 2. The van der Waals surface area contributed by atoms with Crippen molar-refractivity contribution in [1.29, 1.82) is 0 Å². The number of carbonyl (C=O) groups is 2. The summed E-state index contributed by atoms with van der Waals surface area (Å²) >= 11 is 0. The minimum absolute atomic E-state index is 0. The summed E-state index contributed by atoms with van der Waals surface area (Å²) in [5.74, 6) is -1.11. The fraction of sp³-hybridized carbons (Fsp3) is 0.222. The van der Waals surface area contributed by atoms with Gasteiger partial charge >= 0.3 is 5.97 Å². The minimum Gasteiger partial charge on any atom is -0.469 e. The molecule has 0 aliphatic rings. The summed E-state index contributed by atoms with van der Waals surface area (Å²) in [7, 11) is 1.29. The van der Waals surface area contributed by atoms with Crippen molar-refractivity contribution < 1.29 is 18.7 Å². The Balaban J connectivity index is 0.00000312. The summed E-state index contributed by atoms with van der Waals surface area (Å²) in [4.78, 5) is 23.1. The Morgan fingerprint density at radius 2 is 1.84 bits per heavy atom. The molecule has 0 bridgehead atoms. The third kappa shape index (κ3) is 5.85. The van der Waals surface area contributed by atoms with Crippen LogP contribution < -0.4 is 11.1 Å². The molecule has 25 heavy (non-hydrogen) atoms. The summed E-state index contributed by atoms with van der Waals surface area (Å²) in [6.45, 7) is -0.168. The SMILES string of the molecule is COC(=O)CC(NC(=O)CN)c1ccc(-c2cccc(F)c2)cc1.Cl. The maximum absolute atomic E-state index is 13.3. The molecule has 0 radical (unpaired) electrons. The smallest absolute Gasteiger partial charge is 0.307 e. The van der Waals surface area contributed by atoms with Crippen molar-refractivity contribution in [2.75, 3.05) is 13.7 Å². The van der Waals surface area contributed by atoms with Gasteiger partial charge in [-0.3, -0.25) is 9.59 Å². The van der Waals surface area contributed by atoms with Crippen LogP contribution >= 0.6 is 12.4 Å². The van der Waals surface area contributed by atoms with Crippen molar-refractivity contribution in [3.05, 3.63) is 59.9 Å². The van der Waals surface area contributed by atoms with E-state index in [9.17, 15) is 14.0 Å². The molecule has 2 aromatic carbocycles. The molecule has 0 aromatic heterocycles. The summed E-state index contributed by atoms with van der Waals surface area (Å²) in [5.41, 5.74) is 7.63. The van der Waals surface area contributed by atoms with Crippen molar-refractivity contribution in [3.8, 4) is 11.1 Å². The second-order valence-corrected chi connectivity index (χ2v) is 5.24. The van der Waals surface area contributed by atoms with Gasteiger partial charge in [0, 0.05) is 0 Å². The van der Waals surface area contributed by atoms with Gasteiger partial charge < -0.3 is 15.8 Å². The maximum Gasteiger partial charge on any atom is 0.307 e. The van der Waals surface area contributed by atoms with E-state index < -0.39 is 12.0 Å². The first-order valence-corrected chi connectivity index (χ1v) is 7.45. The fourth-order valence-corrected chi connectivity index (χ4v) is 2.33.